The van der Waals surface area contributed by atoms with Gasteiger partial charge in [-0.3, -0.25) is 4.98 Å². The number of aromatic nitrogens is 4. The number of benzene rings is 3. The molecule has 0 amide bonds. The minimum atomic E-state index is -0.181. The maximum Gasteiger partial charge on any atom is 0.164 e. The van der Waals surface area contributed by atoms with Gasteiger partial charge in [-0.25, -0.2) is 15.0 Å². The molecule has 0 atom stereocenters. The van der Waals surface area contributed by atoms with E-state index < -0.39 is 0 Å². The van der Waals surface area contributed by atoms with Crippen LogP contribution in [-0.2, 0) is 5.41 Å². The molecule has 0 bridgehead atoms. The van der Waals surface area contributed by atoms with Gasteiger partial charge in [0, 0.05) is 33.9 Å². The first-order chi connectivity index (χ1) is 16.1. The van der Waals surface area contributed by atoms with E-state index in [4.69, 9.17) is 19.9 Å². The van der Waals surface area contributed by atoms with Crippen molar-refractivity contribution in [2.45, 2.75) is 19.3 Å². The van der Waals surface area contributed by atoms with Crippen LogP contribution in [0.5, 0.6) is 0 Å². The van der Waals surface area contributed by atoms with Crippen LogP contribution in [0.1, 0.15) is 25.1 Å². The zero-order valence-corrected chi connectivity index (χ0v) is 18.5. The maximum absolute atomic E-state index is 4.88. The summed E-state index contributed by atoms with van der Waals surface area (Å²) >= 11 is 0. The van der Waals surface area contributed by atoms with Crippen molar-refractivity contribution in [1.82, 2.24) is 19.9 Å². The van der Waals surface area contributed by atoms with Crippen LogP contribution in [0.4, 0.5) is 0 Å². The van der Waals surface area contributed by atoms with Gasteiger partial charge in [0.15, 0.2) is 17.5 Å². The second-order valence-corrected chi connectivity index (χ2v) is 8.82. The van der Waals surface area contributed by atoms with Gasteiger partial charge in [0.05, 0.1) is 5.69 Å². The number of fused-ring (bicyclic) bond motifs is 3. The van der Waals surface area contributed by atoms with Crippen LogP contribution in [0, 0.1) is 0 Å². The van der Waals surface area contributed by atoms with Gasteiger partial charge in [-0.1, -0.05) is 92.7 Å². The smallest absolute Gasteiger partial charge is 0.164 e. The van der Waals surface area contributed by atoms with E-state index in [1.807, 2.05) is 72.9 Å². The zero-order chi connectivity index (χ0) is 22.4. The van der Waals surface area contributed by atoms with Crippen molar-refractivity contribution in [1.29, 1.82) is 0 Å². The fraction of sp³-hybridized carbons (Fsp3) is 0.103. The standard InChI is InChI=1S/C29H22N4/c1-29(2)24-18-21(15-16-22(24)23-14-9-17-30-25(23)29)28-32-26(19-10-5-3-6-11-19)31-27(33-28)20-12-7-4-8-13-20/h3-18H,1-2H3. The van der Waals surface area contributed by atoms with Gasteiger partial charge in [0.25, 0.3) is 0 Å². The summed E-state index contributed by atoms with van der Waals surface area (Å²) in [5, 5.41) is 0. The highest BCUT2D eigenvalue weighted by atomic mass is 15.0. The van der Waals surface area contributed by atoms with Crippen LogP contribution in [0.15, 0.2) is 97.2 Å². The molecule has 1 aliphatic carbocycles. The van der Waals surface area contributed by atoms with Crippen LogP contribution in [0.3, 0.4) is 0 Å². The van der Waals surface area contributed by atoms with Gasteiger partial charge in [0.2, 0.25) is 0 Å². The third kappa shape index (κ3) is 3.23. The molecule has 4 nitrogen and oxygen atoms in total. The average Bonchev–Trinajstić information content (AvgIpc) is 3.11. The number of hydrogen-bond acceptors (Lipinski definition) is 4. The van der Waals surface area contributed by atoms with E-state index in [0.29, 0.717) is 17.5 Å². The quantitative estimate of drug-likeness (QED) is 0.327. The van der Waals surface area contributed by atoms with Crippen molar-refractivity contribution in [3.63, 3.8) is 0 Å². The Labute approximate surface area is 193 Å². The summed E-state index contributed by atoms with van der Waals surface area (Å²) in [4.78, 5) is 19.3. The van der Waals surface area contributed by atoms with E-state index in [9.17, 15) is 0 Å². The van der Waals surface area contributed by atoms with Crippen molar-refractivity contribution >= 4 is 0 Å². The molecular formula is C29H22N4. The molecule has 1 aliphatic rings. The largest absolute Gasteiger partial charge is 0.260 e. The monoisotopic (exact) mass is 426 g/mol. The van der Waals surface area contributed by atoms with Crippen molar-refractivity contribution in [2.75, 3.05) is 0 Å². The number of pyridine rings is 1. The molecule has 0 radical (unpaired) electrons. The lowest BCUT2D eigenvalue weighted by Gasteiger charge is -2.20. The Morgan fingerprint density at radius 2 is 1.12 bits per heavy atom. The topological polar surface area (TPSA) is 51.6 Å². The normalized spacial score (nSPS) is 13.4. The van der Waals surface area contributed by atoms with Crippen molar-refractivity contribution < 1.29 is 0 Å². The lowest BCUT2D eigenvalue weighted by molar-refractivity contribution is 0.637. The summed E-state index contributed by atoms with van der Waals surface area (Å²) in [6.07, 6.45) is 1.87. The van der Waals surface area contributed by atoms with E-state index in [1.54, 1.807) is 0 Å². The van der Waals surface area contributed by atoms with E-state index >= 15 is 0 Å². The van der Waals surface area contributed by atoms with E-state index in [1.165, 1.54) is 16.7 Å². The molecule has 2 aromatic heterocycles. The first kappa shape index (κ1) is 19.5. The van der Waals surface area contributed by atoms with Gasteiger partial charge in [-0.15, -0.1) is 0 Å². The molecule has 4 heteroatoms. The van der Waals surface area contributed by atoms with Crippen LogP contribution in [0.2, 0.25) is 0 Å². The SMILES string of the molecule is CC1(C)c2cc(-c3nc(-c4ccccc4)nc(-c4ccccc4)n3)ccc2-c2cccnc21. The molecule has 5 aromatic rings. The molecule has 6 rings (SSSR count). The molecule has 0 aliphatic heterocycles. The number of rotatable bonds is 3. The zero-order valence-electron chi connectivity index (χ0n) is 18.5. The molecule has 0 fully saturated rings. The Kier molecular flexibility index (Phi) is 4.40. The lowest BCUT2D eigenvalue weighted by Crippen LogP contribution is -2.16. The number of nitrogens with zero attached hydrogens (tertiary/aromatic N) is 4. The highest BCUT2D eigenvalue weighted by molar-refractivity contribution is 5.81. The van der Waals surface area contributed by atoms with Crippen LogP contribution < -0.4 is 0 Å². The third-order valence-corrected chi connectivity index (χ3v) is 6.34. The fourth-order valence-electron chi connectivity index (χ4n) is 4.62. The minimum Gasteiger partial charge on any atom is -0.260 e. The molecule has 0 saturated carbocycles. The van der Waals surface area contributed by atoms with Gasteiger partial charge >= 0.3 is 0 Å². The maximum atomic E-state index is 4.88. The van der Waals surface area contributed by atoms with E-state index in [2.05, 4.69) is 38.1 Å². The van der Waals surface area contributed by atoms with E-state index in [-0.39, 0.29) is 5.41 Å². The van der Waals surface area contributed by atoms with Gasteiger partial charge in [0.1, 0.15) is 0 Å². The number of hydrogen-bond donors (Lipinski definition) is 0. The summed E-state index contributed by atoms with van der Waals surface area (Å²) in [7, 11) is 0. The average molecular weight is 427 g/mol. The molecule has 0 unspecified atom stereocenters. The summed E-state index contributed by atoms with van der Waals surface area (Å²) in [6.45, 7) is 4.46. The highest BCUT2D eigenvalue weighted by Gasteiger charge is 2.37. The van der Waals surface area contributed by atoms with Gasteiger partial charge < -0.3 is 0 Å². The highest BCUT2D eigenvalue weighted by Crippen LogP contribution is 2.48. The Hall–Kier alpha value is -4.18. The molecular weight excluding hydrogens is 404 g/mol. The van der Waals surface area contributed by atoms with Gasteiger partial charge in [-0.05, 0) is 23.3 Å². The van der Waals surface area contributed by atoms with E-state index in [0.717, 1.165) is 22.4 Å². The Bertz CT molecular complexity index is 1420. The molecule has 0 saturated heterocycles. The van der Waals surface area contributed by atoms with Crippen LogP contribution in [-0.4, -0.2) is 19.9 Å². The third-order valence-electron chi connectivity index (χ3n) is 6.34. The summed E-state index contributed by atoms with van der Waals surface area (Å²) in [5.41, 5.74) is 7.53. The Morgan fingerprint density at radius 3 is 1.73 bits per heavy atom. The fourth-order valence-corrected chi connectivity index (χ4v) is 4.62. The molecule has 0 spiro atoms. The first-order valence-electron chi connectivity index (χ1n) is 11.1. The summed E-state index contributed by atoms with van der Waals surface area (Å²) in [6, 6.07) is 30.8. The van der Waals surface area contributed by atoms with Crippen molar-refractivity contribution in [3.05, 3.63) is 108 Å². The predicted octanol–water partition coefficient (Wildman–Crippen LogP) is 6.57. The molecule has 158 valence electrons. The van der Waals surface area contributed by atoms with Crippen LogP contribution >= 0.6 is 0 Å². The summed E-state index contributed by atoms with van der Waals surface area (Å²) in [5.74, 6) is 2.01. The molecule has 0 N–H and O–H groups in total. The van der Waals surface area contributed by atoms with Crippen LogP contribution in [0.25, 0.3) is 45.3 Å². The summed E-state index contributed by atoms with van der Waals surface area (Å²) < 4.78 is 0. The molecule has 3 aromatic carbocycles. The van der Waals surface area contributed by atoms with Gasteiger partial charge in [-0.2, -0.15) is 0 Å². The second kappa shape index (κ2) is 7.45. The molecule has 2 heterocycles. The Morgan fingerprint density at radius 1 is 0.545 bits per heavy atom. The predicted molar refractivity (Wildman–Crippen MR) is 131 cm³/mol. The minimum absolute atomic E-state index is 0.181. The lowest BCUT2D eigenvalue weighted by atomic mass is 9.84. The van der Waals surface area contributed by atoms with Crippen molar-refractivity contribution in [2.24, 2.45) is 0 Å². The second-order valence-electron chi connectivity index (χ2n) is 8.82. The molecule has 33 heavy (non-hydrogen) atoms. The van der Waals surface area contributed by atoms with Crippen molar-refractivity contribution in [3.8, 4) is 45.3 Å². The Balaban J connectivity index is 1.54. The first-order valence-corrected chi connectivity index (χ1v) is 11.1.